The van der Waals surface area contributed by atoms with E-state index in [1.807, 2.05) is 13.8 Å². The third kappa shape index (κ3) is 2.49. The smallest absolute Gasteiger partial charge is 0.325 e. The van der Waals surface area contributed by atoms with Crippen LogP contribution in [0.3, 0.4) is 0 Å². The largest absolute Gasteiger partial charge is 0.480 e. The van der Waals surface area contributed by atoms with Gasteiger partial charge in [0.1, 0.15) is 5.54 Å². The molecule has 96 valence electrons. The van der Waals surface area contributed by atoms with Gasteiger partial charge in [-0.2, -0.15) is 5.10 Å². The minimum Gasteiger partial charge on any atom is -0.480 e. The highest BCUT2D eigenvalue weighted by atomic mass is 16.4. The second-order valence-corrected chi connectivity index (χ2v) is 4.55. The number of nitrogens with zero attached hydrogens (tertiary/aromatic N) is 2. The van der Waals surface area contributed by atoms with Crippen molar-refractivity contribution >= 4 is 5.97 Å². The van der Waals surface area contributed by atoms with Crippen molar-refractivity contribution in [3.8, 4) is 0 Å². The summed E-state index contributed by atoms with van der Waals surface area (Å²) in [5, 5.41) is 16.5. The molecule has 1 aromatic heterocycles. The Balaban J connectivity index is 3.07. The van der Waals surface area contributed by atoms with E-state index in [-0.39, 0.29) is 0 Å². The van der Waals surface area contributed by atoms with Gasteiger partial charge in [0.15, 0.2) is 0 Å². The first-order chi connectivity index (χ1) is 7.85. The Labute approximate surface area is 102 Å². The summed E-state index contributed by atoms with van der Waals surface area (Å²) in [6, 6.07) is 0. The van der Waals surface area contributed by atoms with Crippen LogP contribution in [-0.4, -0.2) is 33.4 Å². The fourth-order valence-electron chi connectivity index (χ4n) is 1.95. The van der Waals surface area contributed by atoms with Gasteiger partial charge in [-0.3, -0.25) is 9.48 Å². The molecule has 0 amide bonds. The zero-order valence-corrected chi connectivity index (χ0v) is 11.2. The van der Waals surface area contributed by atoms with Crippen LogP contribution in [-0.2, 0) is 17.8 Å². The molecule has 1 rings (SSSR count). The summed E-state index contributed by atoms with van der Waals surface area (Å²) in [5.74, 6) is -0.870. The minimum absolute atomic E-state index is 0.325. The molecule has 0 aliphatic heterocycles. The Morgan fingerprint density at radius 2 is 2.12 bits per heavy atom. The van der Waals surface area contributed by atoms with Gasteiger partial charge in [0, 0.05) is 5.69 Å². The molecule has 2 N–H and O–H groups in total. The number of likely N-dealkylation sites (N-methyl/N-ethyl adjacent to an activating group) is 1. The van der Waals surface area contributed by atoms with Crippen LogP contribution in [0.1, 0.15) is 30.8 Å². The normalized spacial score (nSPS) is 14.6. The zero-order valence-electron chi connectivity index (χ0n) is 11.2. The maximum atomic E-state index is 11.2. The highest BCUT2D eigenvalue weighted by molar-refractivity contribution is 5.78. The highest BCUT2D eigenvalue weighted by Gasteiger charge is 2.32. The van der Waals surface area contributed by atoms with Gasteiger partial charge in [-0.15, -0.1) is 0 Å². The first-order valence-electron chi connectivity index (χ1n) is 5.81. The number of carboxylic acids is 1. The van der Waals surface area contributed by atoms with Gasteiger partial charge in [0.05, 0.1) is 12.2 Å². The Morgan fingerprint density at radius 3 is 2.47 bits per heavy atom. The summed E-state index contributed by atoms with van der Waals surface area (Å²) < 4.78 is 1.78. The number of nitrogens with one attached hydrogen (secondary N) is 1. The quantitative estimate of drug-likeness (QED) is 0.808. The number of hydrogen-bond acceptors (Lipinski definition) is 3. The predicted octanol–water partition coefficient (Wildman–Crippen LogP) is 1.13. The van der Waals surface area contributed by atoms with Gasteiger partial charge in [-0.05, 0) is 39.8 Å². The summed E-state index contributed by atoms with van der Waals surface area (Å²) >= 11 is 0. The number of hydrogen-bond donors (Lipinski definition) is 2. The SMILES string of the molecule is CCc1c(C)nn(CC(C)(NC)C(=O)O)c1C. The third-order valence-electron chi connectivity index (χ3n) is 3.37. The van der Waals surface area contributed by atoms with E-state index in [9.17, 15) is 9.90 Å². The minimum atomic E-state index is -0.992. The number of aryl methyl sites for hydroxylation is 1. The topological polar surface area (TPSA) is 67.2 Å². The molecule has 0 fully saturated rings. The number of rotatable bonds is 5. The standard InChI is InChI=1S/C12H21N3O2/c1-6-10-8(2)14-15(9(10)3)7-12(4,13-5)11(16)17/h13H,6-7H2,1-5H3,(H,16,17). The van der Waals surface area contributed by atoms with Gasteiger partial charge in [-0.1, -0.05) is 6.92 Å². The van der Waals surface area contributed by atoms with E-state index in [4.69, 9.17) is 0 Å². The molecule has 0 spiro atoms. The molecule has 0 aliphatic rings. The van der Waals surface area contributed by atoms with Crippen LogP contribution in [0.5, 0.6) is 0 Å². The average molecular weight is 239 g/mol. The molecule has 0 aromatic carbocycles. The lowest BCUT2D eigenvalue weighted by Gasteiger charge is -2.24. The van der Waals surface area contributed by atoms with E-state index in [1.54, 1.807) is 18.7 Å². The Kier molecular flexibility index (Phi) is 3.93. The van der Waals surface area contributed by atoms with E-state index < -0.39 is 11.5 Å². The molecule has 1 atom stereocenters. The molecule has 0 saturated heterocycles. The second kappa shape index (κ2) is 4.87. The van der Waals surface area contributed by atoms with Crippen LogP contribution < -0.4 is 5.32 Å². The average Bonchev–Trinajstić information content (AvgIpc) is 2.53. The van der Waals surface area contributed by atoms with Gasteiger partial charge < -0.3 is 10.4 Å². The lowest BCUT2D eigenvalue weighted by atomic mass is 10.0. The van der Waals surface area contributed by atoms with Crippen molar-refractivity contribution in [3.05, 3.63) is 17.0 Å². The third-order valence-corrected chi connectivity index (χ3v) is 3.37. The summed E-state index contributed by atoms with van der Waals surface area (Å²) in [6.45, 7) is 8.01. The van der Waals surface area contributed by atoms with E-state index >= 15 is 0 Å². The highest BCUT2D eigenvalue weighted by Crippen LogP contribution is 2.16. The summed E-state index contributed by atoms with van der Waals surface area (Å²) in [4.78, 5) is 11.2. The number of carboxylic acid groups (broad SMARTS) is 1. The van der Waals surface area contributed by atoms with Gasteiger partial charge in [-0.25, -0.2) is 0 Å². The van der Waals surface area contributed by atoms with Gasteiger partial charge >= 0.3 is 5.97 Å². The zero-order chi connectivity index (χ0) is 13.2. The summed E-state index contributed by atoms with van der Waals surface area (Å²) in [6.07, 6.45) is 0.918. The van der Waals surface area contributed by atoms with Crippen molar-refractivity contribution in [2.24, 2.45) is 0 Å². The van der Waals surface area contributed by atoms with E-state index in [1.165, 1.54) is 5.56 Å². The van der Waals surface area contributed by atoms with E-state index in [2.05, 4.69) is 17.3 Å². The number of carbonyl (C=O) groups is 1. The molecular weight excluding hydrogens is 218 g/mol. The monoisotopic (exact) mass is 239 g/mol. The predicted molar refractivity (Wildman–Crippen MR) is 66.2 cm³/mol. The molecule has 17 heavy (non-hydrogen) atoms. The molecular formula is C12H21N3O2. The summed E-state index contributed by atoms with van der Waals surface area (Å²) in [7, 11) is 1.65. The number of aromatic nitrogens is 2. The molecule has 1 aromatic rings. The van der Waals surface area contributed by atoms with Crippen molar-refractivity contribution in [1.82, 2.24) is 15.1 Å². The van der Waals surface area contributed by atoms with Crippen LogP contribution in [0.2, 0.25) is 0 Å². The fourth-order valence-corrected chi connectivity index (χ4v) is 1.95. The Morgan fingerprint density at radius 1 is 1.53 bits per heavy atom. The molecule has 0 radical (unpaired) electrons. The molecule has 1 heterocycles. The molecule has 5 heteroatoms. The van der Waals surface area contributed by atoms with E-state index in [0.717, 1.165) is 17.8 Å². The Hall–Kier alpha value is -1.36. The maximum absolute atomic E-state index is 11.2. The van der Waals surface area contributed by atoms with Crippen LogP contribution in [0, 0.1) is 13.8 Å². The fraction of sp³-hybridized carbons (Fsp3) is 0.667. The van der Waals surface area contributed by atoms with Crippen molar-refractivity contribution < 1.29 is 9.90 Å². The van der Waals surface area contributed by atoms with Gasteiger partial charge in [0.25, 0.3) is 0 Å². The van der Waals surface area contributed by atoms with Crippen LogP contribution in [0.25, 0.3) is 0 Å². The molecule has 0 aliphatic carbocycles. The second-order valence-electron chi connectivity index (χ2n) is 4.55. The number of aliphatic carboxylic acids is 1. The first-order valence-corrected chi connectivity index (χ1v) is 5.81. The lowest BCUT2D eigenvalue weighted by molar-refractivity contribution is -0.144. The Bertz CT molecular complexity index is 426. The summed E-state index contributed by atoms with van der Waals surface area (Å²) in [5.41, 5.74) is 2.24. The van der Waals surface area contributed by atoms with Crippen LogP contribution >= 0.6 is 0 Å². The molecule has 0 bridgehead atoms. The van der Waals surface area contributed by atoms with Crippen molar-refractivity contribution in [3.63, 3.8) is 0 Å². The van der Waals surface area contributed by atoms with Gasteiger partial charge in [0.2, 0.25) is 0 Å². The van der Waals surface area contributed by atoms with Crippen molar-refractivity contribution in [1.29, 1.82) is 0 Å². The lowest BCUT2D eigenvalue weighted by Crippen LogP contribution is -2.51. The van der Waals surface area contributed by atoms with Crippen molar-refractivity contribution in [2.45, 2.75) is 46.2 Å². The molecule has 0 saturated carbocycles. The van der Waals surface area contributed by atoms with E-state index in [0.29, 0.717) is 6.54 Å². The molecule has 5 nitrogen and oxygen atoms in total. The van der Waals surface area contributed by atoms with Crippen molar-refractivity contribution in [2.75, 3.05) is 7.05 Å². The van der Waals surface area contributed by atoms with Crippen LogP contribution in [0.4, 0.5) is 0 Å². The first kappa shape index (κ1) is 13.7. The maximum Gasteiger partial charge on any atom is 0.325 e. The molecule has 1 unspecified atom stereocenters. The van der Waals surface area contributed by atoms with Crippen LogP contribution in [0.15, 0.2) is 0 Å².